The maximum Gasteiger partial charge on any atom is 0.245 e. The van der Waals surface area contributed by atoms with E-state index >= 15 is 0 Å². The van der Waals surface area contributed by atoms with Gasteiger partial charge in [0.2, 0.25) is 11.8 Å². The molecule has 2 amide bonds. The maximum absolute atomic E-state index is 12.4. The fraction of sp³-hybridized carbons (Fsp3) is 0.857. The molecule has 1 aliphatic heterocycles. The predicted molar refractivity (Wildman–Crippen MR) is 73.6 cm³/mol. The summed E-state index contributed by atoms with van der Waals surface area (Å²) in [5.74, 6) is -0.0769. The number of piperazine rings is 1. The van der Waals surface area contributed by atoms with Crippen LogP contribution < -0.4 is 5.32 Å². The molecule has 5 nitrogen and oxygen atoms in total. The van der Waals surface area contributed by atoms with E-state index in [0.717, 1.165) is 6.42 Å². The van der Waals surface area contributed by atoms with Crippen molar-refractivity contribution in [2.75, 3.05) is 13.7 Å². The maximum atomic E-state index is 12.4. The second-order valence-electron chi connectivity index (χ2n) is 6.37. The number of rotatable bonds is 4. The molecule has 19 heavy (non-hydrogen) atoms. The van der Waals surface area contributed by atoms with Crippen LogP contribution in [0, 0.1) is 5.41 Å². The summed E-state index contributed by atoms with van der Waals surface area (Å²) in [6.07, 6.45) is 0.731. The number of ether oxygens (including phenoxy) is 1. The molecule has 1 aliphatic rings. The van der Waals surface area contributed by atoms with Crippen LogP contribution in [0.25, 0.3) is 0 Å². The van der Waals surface area contributed by atoms with Gasteiger partial charge < -0.3 is 15.0 Å². The molecule has 3 atom stereocenters. The molecule has 0 radical (unpaired) electrons. The van der Waals surface area contributed by atoms with Crippen LogP contribution in [0.3, 0.4) is 0 Å². The average Bonchev–Trinajstić information content (AvgIpc) is 2.28. The Morgan fingerprint density at radius 1 is 1.37 bits per heavy atom. The van der Waals surface area contributed by atoms with Gasteiger partial charge in [-0.1, -0.05) is 20.8 Å². The van der Waals surface area contributed by atoms with Gasteiger partial charge in [-0.2, -0.15) is 0 Å². The van der Waals surface area contributed by atoms with Crippen LogP contribution in [-0.2, 0) is 14.3 Å². The lowest BCUT2D eigenvalue weighted by molar-refractivity contribution is -0.156. The normalized spacial score (nSPS) is 26.3. The molecule has 1 saturated heterocycles. The van der Waals surface area contributed by atoms with Gasteiger partial charge >= 0.3 is 0 Å². The largest absolute Gasteiger partial charge is 0.385 e. The van der Waals surface area contributed by atoms with Gasteiger partial charge in [-0.25, -0.2) is 0 Å². The van der Waals surface area contributed by atoms with Gasteiger partial charge in [0, 0.05) is 19.8 Å². The van der Waals surface area contributed by atoms with Gasteiger partial charge in [0.25, 0.3) is 0 Å². The van der Waals surface area contributed by atoms with E-state index in [1.807, 2.05) is 27.7 Å². The number of nitrogens with zero attached hydrogens (tertiary/aromatic N) is 1. The van der Waals surface area contributed by atoms with Crippen LogP contribution in [0.2, 0.25) is 0 Å². The van der Waals surface area contributed by atoms with E-state index in [1.54, 1.807) is 18.9 Å². The van der Waals surface area contributed by atoms with E-state index in [2.05, 4.69) is 5.32 Å². The summed E-state index contributed by atoms with van der Waals surface area (Å²) in [4.78, 5) is 26.4. The second-order valence-corrected chi connectivity index (χ2v) is 6.37. The number of nitrogens with one attached hydrogen (secondary N) is 1. The number of hydrogen-bond donors (Lipinski definition) is 1. The topological polar surface area (TPSA) is 58.6 Å². The molecule has 1 fully saturated rings. The Bertz CT molecular complexity index is 349. The number of carbonyl (C=O) groups excluding carboxylic acids is 2. The number of hydrogen-bond acceptors (Lipinski definition) is 3. The standard InChI is InChI=1S/C14H26N2O3/c1-9(7-8-19-6)16-11(14(3,4)5)12(17)15-10(2)13(16)18/h9-11H,7-8H2,1-6H3,(H,15,17). The van der Waals surface area contributed by atoms with Crippen molar-refractivity contribution < 1.29 is 14.3 Å². The summed E-state index contributed by atoms with van der Waals surface area (Å²) in [7, 11) is 1.64. The molecule has 0 saturated carbocycles. The quantitative estimate of drug-likeness (QED) is 0.834. The Balaban J connectivity index is 3.02. The van der Waals surface area contributed by atoms with E-state index in [4.69, 9.17) is 4.74 Å². The number of carbonyl (C=O) groups is 2. The fourth-order valence-corrected chi connectivity index (χ4v) is 2.54. The lowest BCUT2D eigenvalue weighted by Gasteiger charge is -2.46. The second kappa shape index (κ2) is 5.90. The highest BCUT2D eigenvalue weighted by Gasteiger charge is 2.46. The molecule has 0 aromatic rings. The highest BCUT2D eigenvalue weighted by atomic mass is 16.5. The minimum atomic E-state index is -0.448. The lowest BCUT2D eigenvalue weighted by Crippen LogP contribution is -2.67. The zero-order valence-corrected chi connectivity index (χ0v) is 12.8. The van der Waals surface area contributed by atoms with E-state index in [-0.39, 0.29) is 23.3 Å². The van der Waals surface area contributed by atoms with Gasteiger partial charge in [0.15, 0.2) is 0 Å². The molecule has 5 heteroatoms. The molecule has 1 heterocycles. The Morgan fingerprint density at radius 3 is 2.42 bits per heavy atom. The minimum Gasteiger partial charge on any atom is -0.385 e. The lowest BCUT2D eigenvalue weighted by atomic mass is 9.82. The van der Waals surface area contributed by atoms with E-state index in [9.17, 15) is 9.59 Å². The summed E-state index contributed by atoms with van der Waals surface area (Å²) < 4.78 is 5.07. The summed E-state index contributed by atoms with van der Waals surface area (Å²) in [5, 5.41) is 2.77. The zero-order valence-electron chi connectivity index (χ0n) is 12.8. The van der Waals surface area contributed by atoms with Gasteiger partial charge in [0.05, 0.1) is 0 Å². The molecule has 0 spiro atoms. The number of amides is 2. The van der Waals surface area contributed by atoms with Gasteiger partial charge in [0.1, 0.15) is 12.1 Å². The smallest absolute Gasteiger partial charge is 0.245 e. The van der Waals surface area contributed by atoms with Gasteiger partial charge in [-0.3, -0.25) is 9.59 Å². The number of methoxy groups -OCH3 is 1. The Hall–Kier alpha value is -1.10. The van der Waals surface area contributed by atoms with Crippen molar-refractivity contribution >= 4 is 11.8 Å². The molecule has 110 valence electrons. The molecule has 1 rings (SSSR count). The van der Waals surface area contributed by atoms with Gasteiger partial charge in [-0.15, -0.1) is 0 Å². The monoisotopic (exact) mass is 270 g/mol. The van der Waals surface area contributed by atoms with Gasteiger partial charge in [-0.05, 0) is 25.7 Å². The first-order valence-corrected chi connectivity index (χ1v) is 6.81. The van der Waals surface area contributed by atoms with Crippen LogP contribution in [-0.4, -0.2) is 48.6 Å². The Kier molecular flexibility index (Phi) is 4.96. The van der Waals surface area contributed by atoms with Crippen LogP contribution >= 0.6 is 0 Å². The van der Waals surface area contributed by atoms with Crippen LogP contribution in [0.1, 0.15) is 41.0 Å². The third-order valence-electron chi connectivity index (χ3n) is 3.55. The third-order valence-corrected chi connectivity index (χ3v) is 3.55. The first kappa shape index (κ1) is 16.0. The van der Waals surface area contributed by atoms with Crippen molar-refractivity contribution in [3.8, 4) is 0 Å². The summed E-state index contributed by atoms with van der Waals surface area (Å²) >= 11 is 0. The third kappa shape index (κ3) is 3.47. The van der Waals surface area contributed by atoms with E-state index in [0.29, 0.717) is 6.61 Å². The Morgan fingerprint density at radius 2 is 1.95 bits per heavy atom. The SMILES string of the molecule is COCCC(C)N1C(=O)C(C)NC(=O)C1C(C)(C)C. The van der Waals surface area contributed by atoms with Crippen molar-refractivity contribution in [1.29, 1.82) is 0 Å². The summed E-state index contributed by atoms with van der Waals surface area (Å²) in [6.45, 7) is 10.2. The molecule has 0 aromatic heterocycles. The first-order chi connectivity index (χ1) is 8.70. The predicted octanol–water partition coefficient (Wildman–Crippen LogP) is 1.17. The summed E-state index contributed by atoms with van der Waals surface area (Å²) in [5.41, 5.74) is -0.290. The Labute approximate surface area is 115 Å². The molecule has 3 unspecified atom stereocenters. The minimum absolute atomic E-state index is 0.00910. The highest BCUT2D eigenvalue weighted by molar-refractivity contribution is 5.97. The van der Waals surface area contributed by atoms with E-state index < -0.39 is 12.1 Å². The molecule has 0 bridgehead atoms. The van der Waals surface area contributed by atoms with Crippen LogP contribution in [0.5, 0.6) is 0 Å². The van der Waals surface area contributed by atoms with Crippen LogP contribution in [0.4, 0.5) is 0 Å². The van der Waals surface area contributed by atoms with E-state index in [1.165, 1.54) is 0 Å². The fourth-order valence-electron chi connectivity index (χ4n) is 2.54. The zero-order chi connectivity index (χ0) is 14.8. The molecule has 0 aliphatic carbocycles. The average molecular weight is 270 g/mol. The highest BCUT2D eigenvalue weighted by Crippen LogP contribution is 2.30. The molecule has 1 N–H and O–H groups in total. The summed E-state index contributed by atoms with van der Waals surface area (Å²) in [6, 6.07) is -0.885. The van der Waals surface area contributed by atoms with Crippen molar-refractivity contribution in [1.82, 2.24) is 10.2 Å². The van der Waals surface area contributed by atoms with Crippen molar-refractivity contribution in [3.63, 3.8) is 0 Å². The van der Waals surface area contributed by atoms with Crippen molar-refractivity contribution in [3.05, 3.63) is 0 Å². The van der Waals surface area contributed by atoms with Crippen molar-refractivity contribution in [2.45, 2.75) is 59.2 Å². The first-order valence-electron chi connectivity index (χ1n) is 6.81. The molecular formula is C14H26N2O3. The molecule has 0 aromatic carbocycles. The van der Waals surface area contributed by atoms with Crippen molar-refractivity contribution in [2.24, 2.45) is 5.41 Å². The molecular weight excluding hydrogens is 244 g/mol. The van der Waals surface area contributed by atoms with Crippen LogP contribution in [0.15, 0.2) is 0 Å².